The lowest BCUT2D eigenvalue weighted by molar-refractivity contribution is 0.347. The predicted octanol–water partition coefficient (Wildman–Crippen LogP) is 2.09. The van der Waals surface area contributed by atoms with Gasteiger partial charge in [0.25, 0.3) is 0 Å². The molecule has 1 N–H and O–H groups in total. The zero-order valence-electron chi connectivity index (χ0n) is 11.3. The third-order valence-electron chi connectivity index (χ3n) is 2.50. The van der Waals surface area contributed by atoms with Crippen molar-refractivity contribution in [3.63, 3.8) is 0 Å². The SMILES string of the molecule is Cc1ncc(CNCc2cn(C(C)(C)C)nn2)s1. The Morgan fingerprint density at radius 2 is 2.11 bits per heavy atom. The van der Waals surface area contributed by atoms with Crippen molar-refractivity contribution in [3.05, 3.63) is 28.0 Å². The van der Waals surface area contributed by atoms with Crippen molar-refractivity contribution in [2.45, 2.75) is 46.3 Å². The van der Waals surface area contributed by atoms with Crippen LogP contribution in [0.25, 0.3) is 0 Å². The molecule has 0 aliphatic heterocycles. The topological polar surface area (TPSA) is 55.6 Å². The maximum atomic E-state index is 4.23. The molecular weight excluding hydrogens is 246 g/mol. The Balaban J connectivity index is 1.85. The van der Waals surface area contributed by atoms with E-state index in [0.717, 1.165) is 23.8 Å². The van der Waals surface area contributed by atoms with Crippen LogP contribution in [0.2, 0.25) is 0 Å². The molecule has 0 aromatic carbocycles. The second-order valence-electron chi connectivity index (χ2n) is 5.27. The average Bonchev–Trinajstić information content (AvgIpc) is 2.87. The molecule has 0 bridgehead atoms. The molecule has 0 spiro atoms. The van der Waals surface area contributed by atoms with Crippen LogP contribution in [0.3, 0.4) is 0 Å². The molecule has 0 atom stereocenters. The highest BCUT2D eigenvalue weighted by atomic mass is 32.1. The van der Waals surface area contributed by atoms with Crippen molar-refractivity contribution in [1.29, 1.82) is 0 Å². The van der Waals surface area contributed by atoms with E-state index in [4.69, 9.17) is 0 Å². The van der Waals surface area contributed by atoms with Gasteiger partial charge in [-0.15, -0.1) is 16.4 Å². The van der Waals surface area contributed by atoms with Crippen molar-refractivity contribution < 1.29 is 0 Å². The Labute approximate surface area is 111 Å². The van der Waals surface area contributed by atoms with E-state index in [1.807, 2.05) is 24.0 Å². The van der Waals surface area contributed by atoms with Crippen LogP contribution in [0.5, 0.6) is 0 Å². The predicted molar refractivity (Wildman–Crippen MR) is 72.4 cm³/mol. The van der Waals surface area contributed by atoms with E-state index in [2.05, 4.69) is 41.4 Å². The van der Waals surface area contributed by atoms with Crippen LogP contribution in [0, 0.1) is 6.92 Å². The molecule has 0 radical (unpaired) electrons. The van der Waals surface area contributed by atoms with Gasteiger partial charge in [-0.25, -0.2) is 9.67 Å². The van der Waals surface area contributed by atoms with Crippen LogP contribution in [-0.4, -0.2) is 20.0 Å². The Hall–Kier alpha value is -1.27. The van der Waals surface area contributed by atoms with E-state index in [0.29, 0.717) is 0 Å². The Kier molecular flexibility index (Phi) is 3.77. The number of nitrogens with one attached hydrogen (secondary N) is 1. The first-order valence-electron chi connectivity index (χ1n) is 5.99. The smallest absolute Gasteiger partial charge is 0.0965 e. The molecule has 0 aliphatic carbocycles. The fourth-order valence-electron chi connectivity index (χ4n) is 1.51. The van der Waals surface area contributed by atoms with E-state index in [1.54, 1.807) is 11.3 Å². The Bertz CT molecular complexity index is 509. The number of rotatable bonds is 4. The van der Waals surface area contributed by atoms with Gasteiger partial charge < -0.3 is 5.32 Å². The summed E-state index contributed by atoms with van der Waals surface area (Å²) < 4.78 is 1.89. The van der Waals surface area contributed by atoms with Crippen LogP contribution in [0.1, 0.15) is 36.3 Å². The summed E-state index contributed by atoms with van der Waals surface area (Å²) in [6.07, 6.45) is 3.91. The van der Waals surface area contributed by atoms with Gasteiger partial charge in [0.05, 0.1) is 22.4 Å². The molecular formula is C12H19N5S. The second-order valence-corrected chi connectivity index (χ2v) is 6.59. The summed E-state index contributed by atoms with van der Waals surface area (Å²) in [5, 5.41) is 12.7. The van der Waals surface area contributed by atoms with Crippen LogP contribution < -0.4 is 5.32 Å². The quantitative estimate of drug-likeness (QED) is 0.919. The number of aromatic nitrogens is 4. The average molecular weight is 265 g/mol. The van der Waals surface area contributed by atoms with Crippen LogP contribution in [-0.2, 0) is 18.6 Å². The van der Waals surface area contributed by atoms with E-state index in [1.165, 1.54) is 4.88 Å². The van der Waals surface area contributed by atoms with Gasteiger partial charge in [-0.05, 0) is 27.7 Å². The summed E-state index contributed by atoms with van der Waals surface area (Å²) >= 11 is 1.72. The molecule has 0 fully saturated rings. The van der Waals surface area contributed by atoms with Crippen LogP contribution in [0.15, 0.2) is 12.4 Å². The zero-order valence-corrected chi connectivity index (χ0v) is 12.1. The summed E-state index contributed by atoms with van der Waals surface area (Å²) in [6.45, 7) is 9.90. The molecule has 0 aliphatic rings. The number of hydrogen-bond donors (Lipinski definition) is 1. The molecule has 2 aromatic heterocycles. The Morgan fingerprint density at radius 3 is 2.67 bits per heavy atom. The maximum absolute atomic E-state index is 4.23. The molecule has 5 nitrogen and oxygen atoms in total. The second kappa shape index (κ2) is 5.16. The minimum atomic E-state index is -0.0139. The van der Waals surface area contributed by atoms with Gasteiger partial charge in [-0.2, -0.15) is 0 Å². The maximum Gasteiger partial charge on any atom is 0.0965 e. The molecule has 0 unspecified atom stereocenters. The van der Waals surface area contributed by atoms with E-state index >= 15 is 0 Å². The van der Waals surface area contributed by atoms with Gasteiger partial charge in [0.2, 0.25) is 0 Å². The largest absolute Gasteiger partial charge is 0.306 e. The van der Waals surface area contributed by atoms with E-state index in [9.17, 15) is 0 Å². The standard InChI is InChI=1S/C12H19N5S/c1-9-14-7-11(18-9)6-13-5-10-8-17(16-15-10)12(2,3)4/h7-8,13H,5-6H2,1-4H3. The zero-order chi connectivity index (χ0) is 13.2. The third-order valence-corrected chi connectivity index (χ3v) is 3.42. The minimum Gasteiger partial charge on any atom is -0.306 e. The number of hydrogen-bond acceptors (Lipinski definition) is 5. The first-order chi connectivity index (χ1) is 8.45. The Morgan fingerprint density at radius 1 is 1.33 bits per heavy atom. The fourth-order valence-corrected chi connectivity index (χ4v) is 2.27. The highest BCUT2D eigenvalue weighted by molar-refractivity contribution is 7.11. The molecule has 0 saturated heterocycles. The molecule has 2 aromatic rings. The number of nitrogens with zero attached hydrogens (tertiary/aromatic N) is 4. The minimum absolute atomic E-state index is 0.0139. The van der Waals surface area contributed by atoms with Crippen molar-refractivity contribution in [2.24, 2.45) is 0 Å². The van der Waals surface area contributed by atoms with Gasteiger partial charge in [0.1, 0.15) is 0 Å². The summed E-state index contributed by atoms with van der Waals surface area (Å²) in [5.74, 6) is 0. The van der Waals surface area contributed by atoms with Crippen molar-refractivity contribution in [3.8, 4) is 0 Å². The lowest BCUT2D eigenvalue weighted by Gasteiger charge is -2.17. The van der Waals surface area contributed by atoms with Crippen LogP contribution in [0.4, 0.5) is 0 Å². The summed E-state index contributed by atoms with van der Waals surface area (Å²) in [5.41, 5.74) is 0.950. The van der Waals surface area contributed by atoms with E-state index < -0.39 is 0 Å². The molecule has 6 heteroatoms. The van der Waals surface area contributed by atoms with Crippen molar-refractivity contribution in [1.82, 2.24) is 25.3 Å². The third kappa shape index (κ3) is 3.36. The fraction of sp³-hybridized carbons (Fsp3) is 0.583. The first kappa shape index (κ1) is 13.2. The first-order valence-corrected chi connectivity index (χ1v) is 6.80. The molecule has 98 valence electrons. The molecule has 0 amide bonds. The summed E-state index contributed by atoms with van der Waals surface area (Å²) in [4.78, 5) is 5.47. The highest BCUT2D eigenvalue weighted by Gasteiger charge is 2.14. The highest BCUT2D eigenvalue weighted by Crippen LogP contribution is 2.12. The molecule has 2 rings (SSSR count). The van der Waals surface area contributed by atoms with Gasteiger partial charge in [-0.1, -0.05) is 5.21 Å². The van der Waals surface area contributed by atoms with Crippen LogP contribution >= 0.6 is 11.3 Å². The van der Waals surface area contributed by atoms with E-state index in [-0.39, 0.29) is 5.54 Å². The lowest BCUT2D eigenvalue weighted by Crippen LogP contribution is -2.22. The van der Waals surface area contributed by atoms with Crippen molar-refractivity contribution >= 4 is 11.3 Å². The molecule has 18 heavy (non-hydrogen) atoms. The molecule has 0 saturated carbocycles. The normalized spacial score (nSPS) is 12.0. The van der Waals surface area contributed by atoms with Gasteiger partial charge in [0.15, 0.2) is 0 Å². The number of thiazole rings is 1. The van der Waals surface area contributed by atoms with Crippen molar-refractivity contribution in [2.75, 3.05) is 0 Å². The number of aryl methyl sites for hydroxylation is 1. The molecule has 2 heterocycles. The summed E-state index contributed by atoms with van der Waals surface area (Å²) in [7, 11) is 0. The monoisotopic (exact) mass is 265 g/mol. The van der Waals surface area contributed by atoms with Gasteiger partial charge in [0, 0.05) is 24.2 Å². The summed E-state index contributed by atoms with van der Waals surface area (Å²) in [6, 6.07) is 0. The van der Waals surface area contributed by atoms with Gasteiger partial charge >= 0.3 is 0 Å². The van der Waals surface area contributed by atoms with Gasteiger partial charge in [-0.3, -0.25) is 0 Å². The lowest BCUT2D eigenvalue weighted by atomic mass is 10.1.